The van der Waals surface area contributed by atoms with Crippen molar-refractivity contribution in [3.63, 3.8) is 0 Å². The molecule has 1 aliphatic rings. The van der Waals surface area contributed by atoms with Crippen LogP contribution in [0, 0.1) is 12.8 Å². The lowest BCUT2D eigenvalue weighted by atomic mass is 9.96. The van der Waals surface area contributed by atoms with E-state index < -0.39 is 5.97 Å². The Morgan fingerprint density at radius 3 is 2.59 bits per heavy atom. The molecule has 0 atom stereocenters. The summed E-state index contributed by atoms with van der Waals surface area (Å²) in [5.41, 5.74) is 2.15. The molecule has 1 aromatic rings. The first-order valence-corrected chi connectivity index (χ1v) is 6.19. The van der Waals surface area contributed by atoms with Crippen LogP contribution in [0.5, 0.6) is 0 Å². The number of hydrogen-bond donors (Lipinski definition) is 1. The molecule has 17 heavy (non-hydrogen) atoms. The number of carboxylic acid groups (broad SMARTS) is 1. The highest BCUT2D eigenvalue weighted by Crippen LogP contribution is 2.27. The minimum atomic E-state index is -0.674. The van der Waals surface area contributed by atoms with Gasteiger partial charge in [0, 0.05) is 23.8 Å². The van der Waals surface area contributed by atoms with E-state index in [1.807, 2.05) is 25.1 Å². The predicted molar refractivity (Wildman–Crippen MR) is 68.8 cm³/mol. The van der Waals surface area contributed by atoms with Crippen molar-refractivity contribution in [2.45, 2.75) is 19.8 Å². The highest BCUT2D eigenvalue weighted by atomic mass is 35.5. The van der Waals surface area contributed by atoms with E-state index in [1.165, 1.54) is 0 Å². The molecule has 92 valence electrons. The molecule has 0 spiro atoms. The highest BCUT2D eigenvalue weighted by molar-refractivity contribution is 6.31. The SMILES string of the molecule is Cc1ccc(N2CCC(C(=O)O)CC2)cc1Cl. The monoisotopic (exact) mass is 253 g/mol. The van der Waals surface area contributed by atoms with Crippen molar-refractivity contribution in [3.8, 4) is 0 Å². The number of piperidine rings is 1. The summed E-state index contributed by atoms with van der Waals surface area (Å²) in [6.45, 7) is 3.55. The number of anilines is 1. The molecule has 0 radical (unpaired) electrons. The van der Waals surface area contributed by atoms with Crippen LogP contribution in [0.3, 0.4) is 0 Å². The largest absolute Gasteiger partial charge is 0.481 e. The van der Waals surface area contributed by atoms with Crippen LogP contribution < -0.4 is 4.90 Å². The summed E-state index contributed by atoms with van der Waals surface area (Å²) in [7, 11) is 0. The number of aliphatic carboxylic acids is 1. The van der Waals surface area contributed by atoms with Crippen molar-refractivity contribution < 1.29 is 9.90 Å². The third kappa shape index (κ3) is 2.72. The second-order valence-corrected chi connectivity index (χ2v) is 4.94. The fraction of sp³-hybridized carbons (Fsp3) is 0.462. The zero-order valence-corrected chi connectivity index (χ0v) is 10.6. The van der Waals surface area contributed by atoms with Gasteiger partial charge < -0.3 is 10.0 Å². The second kappa shape index (κ2) is 4.96. The van der Waals surface area contributed by atoms with Crippen molar-refractivity contribution in [2.75, 3.05) is 18.0 Å². The normalized spacial score (nSPS) is 17.2. The van der Waals surface area contributed by atoms with E-state index in [4.69, 9.17) is 16.7 Å². The van der Waals surface area contributed by atoms with Gasteiger partial charge in [-0.25, -0.2) is 0 Å². The van der Waals surface area contributed by atoms with Crippen LogP contribution in [0.1, 0.15) is 18.4 Å². The molecule has 1 fully saturated rings. The minimum Gasteiger partial charge on any atom is -0.481 e. The van der Waals surface area contributed by atoms with Gasteiger partial charge in [-0.15, -0.1) is 0 Å². The topological polar surface area (TPSA) is 40.5 Å². The van der Waals surface area contributed by atoms with Gasteiger partial charge in [0.1, 0.15) is 0 Å². The molecule has 1 heterocycles. The van der Waals surface area contributed by atoms with Crippen LogP contribution >= 0.6 is 11.6 Å². The maximum atomic E-state index is 10.9. The van der Waals surface area contributed by atoms with Gasteiger partial charge in [0.25, 0.3) is 0 Å². The number of halogens is 1. The van der Waals surface area contributed by atoms with Crippen molar-refractivity contribution >= 4 is 23.3 Å². The lowest BCUT2D eigenvalue weighted by Crippen LogP contribution is -2.36. The zero-order valence-electron chi connectivity index (χ0n) is 9.82. The van der Waals surface area contributed by atoms with Crippen LogP contribution in [0.2, 0.25) is 5.02 Å². The van der Waals surface area contributed by atoms with Gasteiger partial charge in [-0.3, -0.25) is 4.79 Å². The van der Waals surface area contributed by atoms with E-state index in [1.54, 1.807) is 0 Å². The van der Waals surface area contributed by atoms with E-state index in [-0.39, 0.29) is 5.92 Å². The summed E-state index contributed by atoms with van der Waals surface area (Å²) < 4.78 is 0. The van der Waals surface area contributed by atoms with Crippen LogP contribution in [0.25, 0.3) is 0 Å². The van der Waals surface area contributed by atoms with Gasteiger partial charge in [-0.1, -0.05) is 17.7 Å². The Morgan fingerprint density at radius 2 is 2.06 bits per heavy atom. The van der Waals surface area contributed by atoms with Crippen LogP contribution in [-0.2, 0) is 4.79 Å². The lowest BCUT2D eigenvalue weighted by molar-refractivity contribution is -0.142. The molecule has 0 saturated carbocycles. The smallest absolute Gasteiger partial charge is 0.306 e. The Bertz CT molecular complexity index is 425. The van der Waals surface area contributed by atoms with Gasteiger partial charge >= 0.3 is 5.97 Å². The van der Waals surface area contributed by atoms with Crippen LogP contribution in [0.4, 0.5) is 5.69 Å². The van der Waals surface area contributed by atoms with E-state index >= 15 is 0 Å². The van der Waals surface area contributed by atoms with Gasteiger partial charge in [-0.2, -0.15) is 0 Å². The maximum absolute atomic E-state index is 10.9. The Hall–Kier alpha value is -1.22. The first kappa shape index (κ1) is 12.2. The lowest BCUT2D eigenvalue weighted by Gasteiger charge is -2.32. The minimum absolute atomic E-state index is 0.188. The van der Waals surface area contributed by atoms with Crippen LogP contribution in [-0.4, -0.2) is 24.2 Å². The fourth-order valence-electron chi connectivity index (χ4n) is 2.16. The molecule has 1 saturated heterocycles. The number of aryl methyl sites for hydroxylation is 1. The summed E-state index contributed by atoms with van der Waals surface area (Å²) in [4.78, 5) is 13.1. The third-order valence-corrected chi connectivity index (χ3v) is 3.77. The molecule has 0 aromatic heterocycles. The predicted octanol–water partition coefficient (Wildman–Crippen LogP) is 2.95. The molecule has 3 nitrogen and oxygen atoms in total. The van der Waals surface area contributed by atoms with Gasteiger partial charge in [0.15, 0.2) is 0 Å². The molecule has 1 aromatic carbocycles. The summed E-state index contributed by atoms with van der Waals surface area (Å²) >= 11 is 6.09. The summed E-state index contributed by atoms with van der Waals surface area (Å²) in [6.07, 6.45) is 1.42. The number of carbonyl (C=O) groups is 1. The van der Waals surface area contributed by atoms with Crippen molar-refractivity contribution in [2.24, 2.45) is 5.92 Å². The molecule has 1 aliphatic heterocycles. The van der Waals surface area contributed by atoms with Crippen molar-refractivity contribution in [3.05, 3.63) is 28.8 Å². The Balaban J connectivity index is 2.05. The zero-order chi connectivity index (χ0) is 12.4. The summed E-state index contributed by atoms with van der Waals surface area (Å²) in [6, 6.07) is 6.00. The van der Waals surface area contributed by atoms with Gasteiger partial charge in [0.05, 0.1) is 5.92 Å². The molecule has 1 N–H and O–H groups in total. The molecular weight excluding hydrogens is 238 g/mol. The first-order chi connectivity index (χ1) is 8.08. The van der Waals surface area contributed by atoms with Crippen molar-refractivity contribution in [1.29, 1.82) is 0 Å². The van der Waals surface area contributed by atoms with Gasteiger partial charge in [-0.05, 0) is 37.5 Å². The molecule has 0 aliphatic carbocycles. The van der Waals surface area contributed by atoms with E-state index in [9.17, 15) is 4.79 Å². The fourth-order valence-corrected chi connectivity index (χ4v) is 2.34. The molecule has 4 heteroatoms. The number of hydrogen-bond acceptors (Lipinski definition) is 2. The molecule has 0 unspecified atom stereocenters. The quantitative estimate of drug-likeness (QED) is 0.881. The average molecular weight is 254 g/mol. The Labute approximate surface area is 106 Å². The standard InChI is InChI=1S/C13H16ClNO2/c1-9-2-3-11(8-12(9)14)15-6-4-10(5-7-15)13(16)17/h2-3,8,10H,4-7H2,1H3,(H,16,17). The van der Waals surface area contributed by atoms with Crippen LogP contribution in [0.15, 0.2) is 18.2 Å². The summed E-state index contributed by atoms with van der Waals surface area (Å²) in [5.74, 6) is -0.862. The Kier molecular flexibility index (Phi) is 3.57. The van der Waals surface area contributed by atoms with E-state index in [2.05, 4.69) is 4.90 Å². The van der Waals surface area contributed by atoms with E-state index in [0.29, 0.717) is 12.8 Å². The molecule has 0 amide bonds. The molecule has 2 rings (SSSR count). The number of carboxylic acids is 1. The first-order valence-electron chi connectivity index (χ1n) is 5.82. The number of rotatable bonds is 2. The van der Waals surface area contributed by atoms with Gasteiger partial charge in [0.2, 0.25) is 0 Å². The highest BCUT2D eigenvalue weighted by Gasteiger charge is 2.24. The molecule has 0 bridgehead atoms. The third-order valence-electron chi connectivity index (χ3n) is 3.36. The average Bonchev–Trinajstić information content (AvgIpc) is 2.33. The number of benzene rings is 1. The second-order valence-electron chi connectivity index (χ2n) is 4.53. The summed E-state index contributed by atoms with van der Waals surface area (Å²) in [5, 5.41) is 9.70. The van der Waals surface area contributed by atoms with Crippen molar-refractivity contribution in [1.82, 2.24) is 0 Å². The Morgan fingerprint density at radius 1 is 1.41 bits per heavy atom. The number of nitrogens with zero attached hydrogens (tertiary/aromatic N) is 1. The van der Waals surface area contributed by atoms with E-state index in [0.717, 1.165) is 29.4 Å². The molecular formula is C13H16ClNO2. The maximum Gasteiger partial charge on any atom is 0.306 e.